The van der Waals surface area contributed by atoms with Crippen molar-refractivity contribution in [3.05, 3.63) is 128 Å². The Bertz CT molecular complexity index is 2190. The monoisotopic (exact) mass is 547 g/mol. The lowest BCUT2D eigenvalue weighted by molar-refractivity contribution is 0.481. The number of fused-ring (bicyclic) bond motifs is 6. The molecule has 194 valence electrons. The number of furan rings is 1. The van der Waals surface area contributed by atoms with Gasteiger partial charge >= 0.3 is 0 Å². The molecular weight excluding hydrogens is 525 g/mol. The highest BCUT2D eigenvalue weighted by Crippen LogP contribution is 2.40. The van der Waals surface area contributed by atoms with E-state index < -0.39 is 7.92 Å². The van der Waals surface area contributed by atoms with Crippen LogP contribution >= 0.6 is 7.92 Å². The van der Waals surface area contributed by atoms with Crippen LogP contribution in [0.1, 0.15) is 0 Å². The minimum Gasteiger partial charge on any atom is -0.507 e. The van der Waals surface area contributed by atoms with Crippen LogP contribution in [0, 0.1) is 0 Å². The minimum atomic E-state index is -0.854. The second-order valence-corrected chi connectivity index (χ2v) is 12.0. The Hall–Kier alpha value is -5.12. The number of pyridine rings is 3. The molecule has 0 saturated carbocycles. The molecule has 0 amide bonds. The maximum atomic E-state index is 10.7. The van der Waals surface area contributed by atoms with Gasteiger partial charge in [0.2, 0.25) is 0 Å². The summed E-state index contributed by atoms with van der Waals surface area (Å²) in [6.45, 7) is 0. The molecule has 5 nitrogen and oxygen atoms in total. The van der Waals surface area contributed by atoms with Crippen molar-refractivity contribution in [2.45, 2.75) is 0 Å². The zero-order valence-corrected chi connectivity index (χ0v) is 22.7. The molecular formula is C35H22N3O2P. The number of hydrogen-bond acceptors (Lipinski definition) is 5. The Morgan fingerprint density at radius 3 is 1.98 bits per heavy atom. The van der Waals surface area contributed by atoms with Crippen molar-refractivity contribution in [1.82, 2.24) is 15.0 Å². The second-order valence-electron chi connectivity index (χ2n) is 9.87. The lowest BCUT2D eigenvalue weighted by Gasteiger charge is -2.19. The van der Waals surface area contributed by atoms with E-state index in [2.05, 4.69) is 83.8 Å². The molecule has 0 aliphatic carbocycles. The van der Waals surface area contributed by atoms with E-state index in [-0.39, 0.29) is 5.75 Å². The van der Waals surface area contributed by atoms with Gasteiger partial charge in [0.05, 0.1) is 27.5 Å². The predicted molar refractivity (Wildman–Crippen MR) is 168 cm³/mol. The first-order valence-electron chi connectivity index (χ1n) is 13.3. The van der Waals surface area contributed by atoms with Gasteiger partial charge in [-0.3, -0.25) is 4.98 Å². The molecule has 0 spiro atoms. The van der Waals surface area contributed by atoms with Gasteiger partial charge in [-0.15, -0.1) is 0 Å². The lowest BCUT2D eigenvalue weighted by atomic mass is 10.0. The zero-order chi connectivity index (χ0) is 27.3. The number of aromatic nitrogens is 3. The molecule has 1 N–H and O–H groups in total. The fraction of sp³-hybridized carbons (Fsp3) is 0. The molecule has 41 heavy (non-hydrogen) atoms. The predicted octanol–water partition coefficient (Wildman–Crippen LogP) is 7.21. The van der Waals surface area contributed by atoms with Crippen LogP contribution in [0.2, 0.25) is 0 Å². The van der Waals surface area contributed by atoms with Gasteiger partial charge in [0.1, 0.15) is 16.8 Å². The number of hydrogen-bond donors (Lipinski definition) is 1. The molecule has 0 radical (unpaired) electrons. The third-order valence-electron chi connectivity index (χ3n) is 7.39. The summed E-state index contributed by atoms with van der Waals surface area (Å²) >= 11 is 0. The Morgan fingerprint density at radius 2 is 1.24 bits per heavy atom. The largest absolute Gasteiger partial charge is 0.507 e. The summed E-state index contributed by atoms with van der Waals surface area (Å²) in [7, 11) is -0.854. The molecule has 0 aliphatic rings. The van der Waals surface area contributed by atoms with Crippen LogP contribution in [0.5, 0.6) is 5.75 Å². The van der Waals surface area contributed by atoms with E-state index >= 15 is 0 Å². The van der Waals surface area contributed by atoms with Gasteiger partial charge in [-0.2, -0.15) is 0 Å². The molecule has 8 rings (SSSR count). The van der Waals surface area contributed by atoms with Crippen molar-refractivity contribution in [3.63, 3.8) is 0 Å². The van der Waals surface area contributed by atoms with Crippen LogP contribution < -0.4 is 16.0 Å². The fourth-order valence-corrected chi connectivity index (χ4v) is 7.67. The van der Waals surface area contributed by atoms with E-state index in [0.717, 1.165) is 38.5 Å². The quantitative estimate of drug-likeness (QED) is 0.186. The average Bonchev–Trinajstić information content (AvgIpc) is 3.43. The van der Waals surface area contributed by atoms with E-state index in [9.17, 15) is 5.11 Å². The number of rotatable bonds is 4. The van der Waals surface area contributed by atoms with E-state index in [1.54, 1.807) is 12.3 Å². The molecule has 0 bridgehead atoms. The van der Waals surface area contributed by atoms with Crippen LogP contribution in [0.25, 0.3) is 55.1 Å². The van der Waals surface area contributed by atoms with Crippen molar-refractivity contribution < 1.29 is 9.52 Å². The SMILES string of the molecule is Oc1ccc(-c2ccc3ccc4ccc(P(c5ccccc5)c5ccccc5)nc4c3n2)c2oc3cccnc3c12. The van der Waals surface area contributed by atoms with Crippen LogP contribution in [0.15, 0.2) is 132 Å². The first-order chi connectivity index (χ1) is 20.2. The normalized spacial score (nSPS) is 11.7. The van der Waals surface area contributed by atoms with Crippen LogP contribution in [-0.4, -0.2) is 20.1 Å². The highest BCUT2D eigenvalue weighted by Gasteiger charge is 2.20. The molecule has 4 aromatic heterocycles. The smallest absolute Gasteiger partial charge is 0.154 e. The summed E-state index contributed by atoms with van der Waals surface area (Å²) in [5, 5.41) is 15.8. The Kier molecular flexibility index (Phi) is 5.51. The molecule has 4 aromatic carbocycles. The standard InChI is InChI=1S/C35H22N3O2P/c39-28-19-17-26(35-31(28)34-29(40-35)12-7-21-36-34)27-18-15-22-13-14-23-16-20-30(38-33(23)32(22)37-27)41(24-8-3-1-4-9-24)25-10-5-2-6-11-25/h1-21,39H. The van der Waals surface area contributed by atoms with E-state index in [1.807, 2.05) is 36.4 Å². The molecule has 0 fully saturated rings. The van der Waals surface area contributed by atoms with Gasteiger partial charge in [0.15, 0.2) is 5.58 Å². The summed E-state index contributed by atoms with van der Waals surface area (Å²) in [4.78, 5) is 14.9. The third kappa shape index (κ3) is 3.94. The van der Waals surface area contributed by atoms with Crippen molar-refractivity contribution >= 4 is 67.8 Å². The second kappa shape index (κ2) is 9.51. The highest BCUT2D eigenvalue weighted by atomic mass is 31.1. The summed E-state index contributed by atoms with van der Waals surface area (Å²) in [5.74, 6) is 0.133. The van der Waals surface area contributed by atoms with Gasteiger partial charge in [-0.25, -0.2) is 9.97 Å². The maximum Gasteiger partial charge on any atom is 0.154 e. The van der Waals surface area contributed by atoms with Crippen LogP contribution in [0.4, 0.5) is 0 Å². The molecule has 4 heterocycles. The lowest BCUT2D eigenvalue weighted by Crippen LogP contribution is -2.22. The number of nitrogens with zero attached hydrogens (tertiary/aromatic N) is 3. The zero-order valence-electron chi connectivity index (χ0n) is 21.8. The summed E-state index contributed by atoms with van der Waals surface area (Å²) in [6, 6.07) is 40.9. The highest BCUT2D eigenvalue weighted by molar-refractivity contribution is 7.79. The van der Waals surface area contributed by atoms with Gasteiger partial charge in [0, 0.05) is 30.5 Å². The van der Waals surface area contributed by atoms with E-state index in [0.29, 0.717) is 22.1 Å². The van der Waals surface area contributed by atoms with E-state index in [1.165, 1.54) is 10.6 Å². The van der Waals surface area contributed by atoms with Crippen molar-refractivity contribution in [2.24, 2.45) is 0 Å². The van der Waals surface area contributed by atoms with Gasteiger partial charge in [0.25, 0.3) is 0 Å². The molecule has 0 aliphatic heterocycles. The minimum absolute atomic E-state index is 0.133. The van der Waals surface area contributed by atoms with Crippen molar-refractivity contribution in [2.75, 3.05) is 0 Å². The molecule has 0 atom stereocenters. The van der Waals surface area contributed by atoms with Crippen molar-refractivity contribution in [3.8, 4) is 17.0 Å². The molecule has 0 unspecified atom stereocenters. The van der Waals surface area contributed by atoms with Gasteiger partial charge in [-0.1, -0.05) is 84.9 Å². The summed E-state index contributed by atoms with van der Waals surface area (Å²) < 4.78 is 6.19. The average molecular weight is 548 g/mol. The molecule has 8 aromatic rings. The Labute approximate surface area is 236 Å². The summed E-state index contributed by atoms with van der Waals surface area (Å²) in [6.07, 6.45) is 1.70. The third-order valence-corrected chi connectivity index (χ3v) is 9.73. The Morgan fingerprint density at radius 1 is 0.585 bits per heavy atom. The Balaban J connectivity index is 1.35. The number of phenolic OH excluding ortho intramolecular Hbond substituents is 1. The van der Waals surface area contributed by atoms with Gasteiger partial charge in [-0.05, 0) is 47.0 Å². The number of benzene rings is 4. The first kappa shape index (κ1) is 23.7. The maximum absolute atomic E-state index is 10.7. The van der Waals surface area contributed by atoms with Crippen LogP contribution in [0.3, 0.4) is 0 Å². The van der Waals surface area contributed by atoms with Gasteiger partial charge < -0.3 is 9.52 Å². The first-order valence-corrected chi connectivity index (χ1v) is 14.7. The van der Waals surface area contributed by atoms with Crippen LogP contribution in [-0.2, 0) is 0 Å². The topological polar surface area (TPSA) is 72.0 Å². The van der Waals surface area contributed by atoms with E-state index in [4.69, 9.17) is 14.4 Å². The van der Waals surface area contributed by atoms with Crippen molar-refractivity contribution in [1.29, 1.82) is 0 Å². The number of aromatic hydroxyl groups is 1. The number of phenols is 1. The fourth-order valence-electron chi connectivity index (χ4n) is 5.48. The molecule has 6 heteroatoms. The molecule has 0 saturated heterocycles. The summed E-state index contributed by atoms with van der Waals surface area (Å²) in [5.41, 5.74) is 6.08.